The van der Waals surface area contributed by atoms with Crippen LogP contribution in [0.2, 0.25) is 0 Å². The van der Waals surface area contributed by atoms with E-state index in [1.807, 2.05) is 18.4 Å². The molecule has 0 radical (unpaired) electrons. The van der Waals surface area contributed by atoms with E-state index < -0.39 is 11.7 Å². The molecule has 3 aromatic rings. The fraction of sp³-hybridized carbons (Fsp3) is 0.368. The molecule has 130 valence electrons. The van der Waals surface area contributed by atoms with E-state index in [2.05, 4.69) is 16.1 Å². The zero-order chi connectivity index (χ0) is 17.8. The van der Waals surface area contributed by atoms with E-state index in [1.54, 1.807) is 6.07 Å². The van der Waals surface area contributed by atoms with E-state index in [-0.39, 0.29) is 0 Å². The molecule has 2 heterocycles. The zero-order valence-electron chi connectivity index (χ0n) is 14.1. The Hall–Kier alpha value is -2.37. The number of alkyl halides is 3. The molecular formula is C19H18F3N3. The van der Waals surface area contributed by atoms with E-state index in [0.29, 0.717) is 28.4 Å². The second-order valence-corrected chi connectivity index (χ2v) is 6.57. The van der Waals surface area contributed by atoms with Gasteiger partial charge >= 0.3 is 6.18 Å². The summed E-state index contributed by atoms with van der Waals surface area (Å²) < 4.78 is 41.1. The summed E-state index contributed by atoms with van der Waals surface area (Å²) in [6.45, 7) is 3.86. The number of hydrogen-bond acceptors (Lipinski definition) is 2. The van der Waals surface area contributed by atoms with Crippen molar-refractivity contribution >= 4 is 5.65 Å². The Morgan fingerprint density at radius 2 is 1.96 bits per heavy atom. The molecule has 1 aliphatic carbocycles. The Kier molecular flexibility index (Phi) is 3.60. The number of halogens is 3. The van der Waals surface area contributed by atoms with Crippen LogP contribution in [0.5, 0.6) is 0 Å². The van der Waals surface area contributed by atoms with Crippen LogP contribution in [-0.4, -0.2) is 14.6 Å². The Bertz CT molecular complexity index is 952. The van der Waals surface area contributed by atoms with Crippen molar-refractivity contribution in [3.05, 3.63) is 53.0 Å². The van der Waals surface area contributed by atoms with Crippen molar-refractivity contribution < 1.29 is 13.2 Å². The highest BCUT2D eigenvalue weighted by atomic mass is 19.4. The van der Waals surface area contributed by atoms with Gasteiger partial charge in [0.05, 0.1) is 11.3 Å². The van der Waals surface area contributed by atoms with Gasteiger partial charge in [0.1, 0.15) is 0 Å². The van der Waals surface area contributed by atoms with Gasteiger partial charge in [-0.05, 0) is 49.9 Å². The van der Waals surface area contributed by atoms with Crippen LogP contribution in [0.1, 0.15) is 48.3 Å². The molecule has 1 aliphatic rings. The first-order valence-corrected chi connectivity index (χ1v) is 8.45. The number of rotatable bonds is 3. The highest BCUT2D eigenvalue weighted by molar-refractivity contribution is 5.80. The van der Waals surface area contributed by atoms with E-state index in [9.17, 15) is 13.2 Å². The first kappa shape index (κ1) is 16.1. The second kappa shape index (κ2) is 5.58. The number of aromatic nitrogens is 3. The van der Waals surface area contributed by atoms with Gasteiger partial charge < -0.3 is 0 Å². The standard InChI is InChI=1S/C19H18F3N3/c1-3-15-10-16(12-7-8-12)25-18(23-15)17(11(2)24-25)13-5-4-6-14(9-13)19(20,21)22/h4-6,9-10,12H,3,7-8H2,1-2H3. The molecule has 0 amide bonds. The van der Waals surface area contributed by atoms with Crippen molar-refractivity contribution in [3.8, 4) is 11.1 Å². The van der Waals surface area contributed by atoms with Crippen LogP contribution in [0.25, 0.3) is 16.8 Å². The third-order valence-corrected chi connectivity index (χ3v) is 4.68. The minimum atomic E-state index is -4.37. The molecule has 0 spiro atoms. The van der Waals surface area contributed by atoms with Crippen LogP contribution in [0.3, 0.4) is 0 Å². The summed E-state index contributed by atoms with van der Waals surface area (Å²) in [4.78, 5) is 4.67. The zero-order valence-corrected chi connectivity index (χ0v) is 14.1. The molecule has 0 unspecified atom stereocenters. The molecule has 0 saturated heterocycles. The van der Waals surface area contributed by atoms with Crippen molar-refractivity contribution in [1.29, 1.82) is 0 Å². The fourth-order valence-electron chi connectivity index (χ4n) is 3.24. The van der Waals surface area contributed by atoms with Gasteiger partial charge in [-0.25, -0.2) is 9.50 Å². The minimum absolute atomic E-state index is 0.476. The van der Waals surface area contributed by atoms with Crippen LogP contribution in [0, 0.1) is 6.92 Å². The van der Waals surface area contributed by atoms with Gasteiger partial charge in [-0.2, -0.15) is 18.3 Å². The van der Waals surface area contributed by atoms with Gasteiger partial charge in [0.15, 0.2) is 5.65 Å². The molecule has 1 fully saturated rings. The maximum Gasteiger partial charge on any atom is 0.416 e. The van der Waals surface area contributed by atoms with E-state index in [0.717, 1.165) is 36.7 Å². The predicted molar refractivity (Wildman–Crippen MR) is 89.5 cm³/mol. The lowest BCUT2D eigenvalue weighted by Crippen LogP contribution is -2.05. The maximum absolute atomic E-state index is 13.1. The Labute approximate surface area is 143 Å². The molecule has 25 heavy (non-hydrogen) atoms. The average molecular weight is 345 g/mol. The first-order chi connectivity index (χ1) is 11.9. The summed E-state index contributed by atoms with van der Waals surface area (Å²) >= 11 is 0. The third kappa shape index (κ3) is 2.79. The second-order valence-electron chi connectivity index (χ2n) is 6.57. The lowest BCUT2D eigenvalue weighted by molar-refractivity contribution is -0.137. The summed E-state index contributed by atoms with van der Waals surface area (Å²) in [5.74, 6) is 0.476. The van der Waals surface area contributed by atoms with Crippen LogP contribution >= 0.6 is 0 Å². The number of nitrogens with zero attached hydrogens (tertiary/aromatic N) is 3. The topological polar surface area (TPSA) is 30.2 Å². The molecule has 0 aliphatic heterocycles. The number of fused-ring (bicyclic) bond motifs is 1. The van der Waals surface area contributed by atoms with Crippen LogP contribution < -0.4 is 0 Å². The van der Waals surface area contributed by atoms with Crippen molar-refractivity contribution in [2.24, 2.45) is 0 Å². The van der Waals surface area contributed by atoms with Crippen LogP contribution in [0.4, 0.5) is 13.2 Å². The van der Waals surface area contributed by atoms with Crippen molar-refractivity contribution in [2.45, 2.75) is 45.2 Å². The molecule has 1 saturated carbocycles. The Morgan fingerprint density at radius 1 is 1.20 bits per heavy atom. The number of aryl methyl sites for hydroxylation is 2. The Balaban J connectivity index is 1.96. The van der Waals surface area contributed by atoms with Crippen molar-refractivity contribution in [3.63, 3.8) is 0 Å². The van der Waals surface area contributed by atoms with Gasteiger partial charge in [-0.1, -0.05) is 19.1 Å². The summed E-state index contributed by atoms with van der Waals surface area (Å²) in [5.41, 5.74) is 3.94. The smallest absolute Gasteiger partial charge is 0.233 e. The molecule has 1 aromatic carbocycles. The van der Waals surface area contributed by atoms with Gasteiger partial charge in [0, 0.05) is 22.9 Å². The van der Waals surface area contributed by atoms with E-state index in [4.69, 9.17) is 0 Å². The lowest BCUT2D eigenvalue weighted by Gasteiger charge is -2.09. The summed E-state index contributed by atoms with van der Waals surface area (Å²) in [5, 5.41) is 4.59. The third-order valence-electron chi connectivity index (χ3n) is 4.68. The monoisotopic (exact) mass is 345 g/mol. The largest absolute Gasteiger partial charge is 0.416 e. The maximum atomic E-state index is 13.1. The molecule has 2 aromatic heterocycles. The minimum Gasteiger partial charge on any atom is -0.233 e. The average Bonchev–Trinajstić information content (AvgIpc) is 3.35. The number of hydrogen-bond donors (Lipinski definition) is 0. The predicted octanol–water partition coefficient (Wildman–Crippen LogP) is 5.16. The SMILES string of the molecule is CCc1cc(C2CC2)n2nc(C)c(-c3cccc(C(F)(F)F)c3)c2n1. The Morgan fingerprint density at radius 3 is 2.60 bits per heavy atom. The summed E-state index contributed by atoms with van der Waals surface area (Å²) in [6.07, 6.45) is -1.34. The van der Waals surface area contributed by atoms with Crippen LogP contribution in [-0.2, 0) is 12.6 Å². The van der Waals surface area contributed by atoms with Crippen LogP contribution in [0.15, 0.2) is 30.3 Å². The molecule has 4 rings (SSSR count). The highest BCUT2D eigenvalue weighted by Gasteiger charge is 2.32. The molecule has 0 bridgehead atoms. The van der Waals surface area contributed by atoms with E-state index in [1.165, 1.54) is 12.1 Å². The van der Waals surface area contributed by atoms with Gasteiger partial charge in [-0.3, -0.25) is 0 Å². The van der Waals surface area contributed by atoms with Crippen molar-refractivity contribution in [1.82, 2.24) is 14.6 Å². The number of benzene rings is 1. The highest BCUT2D eigenvalue weighted by Crippen LogP contribution is 2.41. The van der Waals surface area contributed by atoms with Gasteiger partial charge in [0.2, 0.25) is 0 Å². The molecular weight excluding hydrogens is 327 g/mol. The molecule has 3 nitrogen and oxygen atoms in total. The van der Waals surface area contributed by atoms with E-state index >= 15 is 0 Å². The van der Waals surface area contributed by atoms with Gasteiger partial charge in [-0.15, -0.1) is 0 Å². The van der Waals surface area contributed by atoms with Crippen molar-refractivity contribution in [2.75, 3.05) is 0 Å². The molecule has 6 heteroatoms. The first-order valence-electron chi connectivity index (χ1n) is 8.45. The summed E-state index contributed by atoms with van der Waals surface area (Å²) in [6, 6.07) is 7.47. The molecule has 0 atom stereocenters. The lowest BCUT2D eigenvalue weighted by atomic mass is 10.0. The summed E-state index contributed by atoms with van der Waals surface area (Å²) in [7, 11) is 0. The quantitative estimate of drug-likeness (QED) is 0.656. The fourth-order valence-corrected chi connectivity index (χ4v) is 3.24. The van der Waals surface area contributed by atoms with Gasteiger partial charge in [0.25, 0.3) is 0 Å². The molecule has 0 N–H and O–H groups in total. The normalized spacial score (nSPS) is 15.1.